The van der Waals surface area contributed by atoms with Gasteiger partial charge in [-0.25, -0.2) is 0 Å². The lowest BCUT2D eigenvalue weighted by Crippen LogP contribution is -2.43. The van der Waals surface area contributed by atoms with Gasteiger partial charge in [0.05, 0.1) is 19.6 Å². The van der Waals surface area contributed by atoms with Gasteiger partial charge in [0, 0.05) is 11.8 Å². The molecule has 3 heteroatoms. The first kappa shape index (κ1) is 17.0. The number of hydrogen-bond acceptors (Lipinski definition) is 3. The number of carbonyl (C=O) groups is 1. The van der Waals surface area contributed by atoms with Gasteiger partial charge in [-0.3, -0.25) is 4.79 Å². The topological polar surface area (TPSA) is 46.5 Å². The Balaban J connectivity index is 1.80. The van der Waals surface area contributed by atoms with Gasteiger partial charge in [0.2, 0.25) is 0 Å². The standard InChI is InChI=1S/C20H32O3/c1-13(15(11-21)14-10-18(22)23-12-14)16-6-7-17-19(2,3)8-5-9-20(16,17)4/h14-17,21H,1,5-12H2,2-4H3/t14-,15-,16+,17-,20+/m0/s1. The summed E-state index contributed by atoms with van der Waals surface area (Å²) in [5.41, 5.74) is 1.89. The summed E-state index contributed by atoms with van der Waals surface area (Å²) in [6, 6.07) is 0. The first-order valence-electron chi connectivity index (χ1n) is 9.25. The molecule has 3 aliphatic rings. The van der Waals surface area contributed by atoms with Gasteiger partial charge in [-0.2, -0.15) is 0 Å². The third-order valence-corrected chi connectivity index (χ3v) is 7.39. The van der Waals surface area contributed by atoms with Crippen molar-refractivity contribution >= 4 is 5.97 Å². The first-order chi connectivity index (χ1) is 10.8. The molecule has 0 bridgehead atoms. The Morgan fingerprint density at radius 1 is 1.35 bits per heavy atom. The van der Waals surface area contributed by atoms with Gasteiger partial charge in [-0.1, -0.05) is 39.3 Å². The van der Waals surface area contributed by atoms with Gasteiger partial charge < -0.3 is 9.84 Å². The zero-order chi connectivity index (χ0) is 16.8. The summed E-state index contributed by atoms with van der Waals surface area (Å²) in [4.78, 5) is 11.5. The minimum Gasteiger partial charge on any atom is -0.465 e. The number of esters is 1. The van der Waals surface area contributed by atoms with E-state index in [1.807, 2.05) is 0 Å². The monoisotopic (exact) mass is 320 g/mol. The maximum atomic E-state index is 11.5. The van der Waals surface area contributed by atoms with Crippen LogP contribution < -0.4 is 0 Å². The van der Waals surface area contributed by atoms with Gasteiger partial charge in [-0.15, -0.1) is 0 Å². The van der Waals surface area contributed by atoms with Crippen LogP contribution in [0, 0.1) is 34.5 Å². The van der Waals surface area contributed by atoms with Crippen LogP contribution in [-0.2, 0) is 9.53 Å². The van der Waals surface area contributed by atoms with E-state index in [0.29, 0.717) is 29.8 Å². The Hall–Kier alpha value is -0.830. The highest BCUT2D eigenvalue weighted by Crippen LogP contribution is 2.63. The van der Waals surface area contributed by atoms with Crippen molar-refractivity contribution in [1.82, 2.24) is 0 Å². The Morgan fingerprint density at radius 3 is 2.70 bits per heavy atom. The van der Waals surface area contributed by atoms with E-state index in [9.17, 15) is 9.90 Å². The van der Waals surface area contributed by atoms with E-state index in [0.717, 1.165) is 5.92 Å². The quantitative estimate of drug-likeness (QED) is 0.630. The maximum absolute atomic E-state index is 11.5. The fraction of sp³-hybridized carbons (Fsp3) is 0.850. The summed E-state index contributed by atoms with van der Waals surface area (Å²) < 4.78 is 5.13. The smallest absolute Gasteiger partial charge is 0.306 e. The van der Waals surface area contributed by atoms with Gasteiger partial charge in [0.1, 0.15) is 0 Å². The van der Waals surface area contributed by atoms with E-state index in [-0.39, 0.29) is 24.4 Å². The Labute approximate surface area is 140 Å². The molecule has 5 atom stereocenters. The van der Waals surface area contributed by atoms with Crippen molar-refractivity contribution in [2.45, 2.75) is 59.3 Å². The van der Waals surface area contributed by atoms with E-state index in [4.69, 9.17) is 4.74 Å². The average Bonchev–Trinajstić information content (AvgIpc) is 3.03. The van der Waals surface area contributed by atoms with Gasteiger partial charge >= 0.3 is 5.97 Å². The van der Waals surface area contributed by atoms with Crippen molar-refractivity contribution in [3.8, 4) is 0 Å². The highest BCUT2D eigenvalue weighted by Gasteiger charge is 2.55. The normalized spacial score (nSPS) is 40.5. The second kappa shape index (κ2) is 5.91. The molecule has 1 aliphatic heterocycles. The van der Waals surface area contributed by atoms with Gasteiger partial charge in [-0.05, 0) is 48.3 Å². The Kier molecular flexibility index (Phi) is 4.37. The summed E-state index contributed by atoms with van der Waals surface area (Å²) in [7, 11) is 0. The molecule has 2 saturated carbocycles. The van der Waals surface area contributed by atoms with Crippen LogP contribution in [0.5, 0.6) is 0 Å². The average molecular weight is 320 g/mol. The molecule has 1 saturated heterocycles. The second-order valence-electron chi connectivity index (χ2n) is 9.04. The fourth-order valence-electron chi connectivity index (χ4n) is 6.19. The molecule has 3 fully saturated rings. The maximum Gasteiger partial charge on any atom is 0.306 e. The predicted molar refractivity (Wildman–Crippen MR) is 90.7 cm³/mol. The molecular formula is C20H32O3. The number of carbonyl (C=O) groups excluding carboxylic acids is 1. The molecule has 0 spiro atoms. The van der Waals surface area contributed by atoms with E-state index >= 15 is 0 Å². The fourth-order valence-corrected chi connectivity index (χ4v) is 6.19. The number of rotatable bonds is 4. The van der Waals surface area contributed by atoms with Gasteiger partial charge in [0.15, 0.2) is 0 Å². The molecule has 2 aliphatic carbocycles. The molecule has 1 N–H and O–H groups in total. The largest absolute Gasteiger partial charge is 0.465 e. The van der Waals surface area contributed by atoms with Crippen LogP contribution in [0.4, 0.5) is 0 Å². The van der Waals surface area contributed by atoms with Crippen molar-refractivity contribution in [2.75, 3.05) is 13.2 Å². The van der Waals surface area contributed by atoms with Crippen molar-refractivity contribution < 1.29 is 14.6 Å². The number of aliphatic hydroxyl groups excluding tert-OH is 1. The third kappa shape index (κ3) is 2.75. The lowest BCUT2D eigenvalue weighted by molar-refractivity contribution is -0.137. The highest BCUT2D eigenvalue weighted by atomic mass is 16.5. The molecule has 0 amide bonds. The summed E-state index contributed by atoms with van der Waals surface area (Å²) in [5, 5.41) is 9.96. The van der Waals surface area contributed by atoms with Crippen molar-refractivity contribution in [3.63, 3.8) is 0 Å². The van der Waals surface area contributed by atoms with Crippen LogP contribution >= 0.6 is 0 Å². The molecule has 0 aromatic rings. The van der Waals surface area contributed by atoms with Crippen molar-refractivity contribution in [3.05, 3.63) is 12.2 Å². The van der Waals surface area contributed by atoms with Crippen LogP contribution in [0.15, 0.2) is 12.2 Å². The third-order valence-electron chi connectivity index (χ3n) is 7.39. The highest BCUT2D eigenvalue weighted by molar-refractivity contribution is 5.71. The van der Waals surface area contributed by atoms with Crippen molar-refractivity contribution in [1.29, 1.82) is 0 Å². The molecule has 130 valence electrons. The lowest BCUT2D eigenvalue weighted by atomic mass is 9.54. The Bertz CT molecular complexity index is 495. The second-order valence-corrected chi connectivity index (χ2v) is 9.04. The minimum absolute atomic E-state index is 0.00654. The number of aliphatic hydroxyl groups is 1. The summed E-state index contributed by atoms with van der Waals surface area (Å²) in [5.74, 6) is 1.20. The van der Waals surface area contributed by atoms with E-state index in [1.54, 1.807) is 0 Å². The predicted octanol–water partition coefficient (Wildman–Crippen LogP) is 3.96. The van der Waals surface area contributed by atoms with Crippen LogP contribution in [0.25, 0.3) is 0 Å². The number of fused-ring (bicyclic) bond motifs is 1. The van der Waals surface area contributed by atoms with E-state index in [2.05, 4.69) is 27.4 Å². The molecule has 0 aromatic carbocycles. The summed E-state index contributed by atoms with van der Waals surface area (Å²) in [6.45, 7) is 12.3. The zero-order valence-corrected chi connectivity index (χ0v) is 14.9. The Morgan fingerprint density at radius 2 is 2.09 bits per heavy atom. The van der Waals surface area contributed by atoms with E-state index < -0.39 is 0 Å². The SMILES string of the molecule is C=C([C@H]1CC[C@H]2C(C)(C)CCC[C@]12C)[C@H](CO)[C@@H]1COC(=O)C1. The molecule has 0 unspecified atom stereocenters. The summed E-state index contributed by atoms with van der Waals surface area (Å²) in [6.07, 6.45) is 6.76. The molecule has 3 nitrogen and oxygen atoms in total. The molecule has 0 radical (unpaired) electrons. The number of hydrogen-bond donors (Lipinski definition) is 1. The summed E-state index contributed by atoms with van der Waals surface area (Å²) >= 11 is 0. The zero-order valence-electron chi connectivity index (χ0n) is 14.9. The molecule has 23 heavy (non-hydrogen) atoms. The number of ether oxygens (including phenoxy) is 1. The molecule has 3 rings (SSSR count). The lowest BCUT2D eigenvalue weighted by Gasteiger charge is -2.50. The van der Waals surface area contributed by atoms with Gasteiger partial charge in [0.25, 0.3) is 0 Å². The number of cyclic esters (lactones) is 1. The molecule has 0 aromatic heterocycles. The van der Waals surface area contributed by atoms with E-state index in [1.165, 1.54) is 37.7 Å². The molecule has 1 heterocycles. The van der Waals surface area contributed by atoms with Crippen LogP contribution in [0.3, 0.4) is 0 Å². The van der Waals surface area contributed by atoms with Crippen molar-refractivity contribution in [2.24, 2.45) is 34.5 Å². The van der Waals surface area contributed by atoms with Crippen LogP contribution in [0.2, 0.25) is 0 Å². The van der Waals surface area contributed by atoms with Crippen LogP contribution in [0.1, 0.15) is 59.3 Å². The minimum atomic E-state index is -0.129. The molecular weight excluding hydrogens is 288 g/mol. The van der Waals surface area contributed by atoms with Crippen LogP contribution in [-0.4, -0.2) is 24.3 Å². The first-order valence-corrected chi connectivity index (χ1v) is 9.25.